The van der Waals surface area contributed by atoms with Crippen LogP contribution in [0.2, 0.25) is 0 Å². The molecule has 0 aromatic carbocycles. The van der Waals surface area contributed by atoms with Crippen LogP contribution in [0.1, 0.15) is 38.3 Å². The Bertz CT molecular complexity index is 421. The molecule has 3 unspecified atom stereocenters. The molecule has 1 fully saturated rings. The van der Waals surface area contributed by atoms with Gasteiger partial charge in [-0.2, -0.15) is 0 Å². The van der Waals surface area contributed by atoms with Crippen molar-refractivity contribution in [1.29, 1.82) is 0 Å². The van der Waals surface area contributed by atoms with Crippen LogP contribution in [0.5, 0.6) is 0 Å². The average molecular weight is 261 g/mol. The summed E-state index contributed by atoms with van der Waals surface area (Å²) in [4.78, 5) is 18.4. The van der Waals surface area contributed by atoms with E-state index in [0.717, 1.165) is 24.9 Å². The summed E-state index contributed by atoms with van der Waals surface area (Å²) in [5.41, 5.74) is 1.12. The Morgan fingerprint density at radius 1 is 1.47 bits per heavy atom. The van der Waals surface area contributed by atoms with Gasteiger partial charge in [-0.05, 0) is 49.9 Å². The molecule has 1 saturated heterocycles. The maximum Gasteiger partial charge on any atom is 0.240 e. The first kappa shape index (κ1) is 14.0. The summed E-state index contributed by atoms with van der Waals surface area (Å²) in [7, 11) is 1.89. The van der Waals surface area contributed by atoms with Crippen molar-refractivity contribution in [3.63, 3.8) is 0 Å². The first-order valence-corrected chi connectivity index (χ1v) is 7.01. The molecule has 1 N–H and O–H groups in total. The Labute approximate surface area is 115 Å². The molecule has 3 atom stereocenters. The van der Waals surface area contributed by atoms with E-state index in [1.165, 1.54) is 0 Å². The maximum atomic E-state index is 12.6. The Kier molecular flexibility index (Phi) is 4.53. The molecule has 19 heavy (non-hydrogen) atoms. The highest BCUT2D eigenvalue weighted by atomic mass is 16.2. The van der Waals surface area contributed by atoms with Crippen molar-refractivity contribution in [2.75, 3.05) is 13.6 Å². The van der Waals surface area contributed by atoms with Gasteiger partial charge in [0, 0.05) is 19.4 Å². The second kappa shape index (κ2) is 6.15. The number of carbonyl (C=O) groups is 1. The lowest BCUT2D eigenvalue weighted by atomic mass is 9.91. The predicted octanol–water partition coefficient (Wildman–Crippen LogP) is 1.99. The summed E-state index contributed by atoms with van der Waals surface area (Å²) in [6, 6.07) is 3.97. The van der Waals surface area contributed by atoms with E-state index in [1.54, 1.807) is 12.4 Å². The van der Waals surface area contributed by atoms with E-state index in [0.29, 0.717) is 5.92 Å². The van der Waals surface area contributed by atoms with E-state index in [9.17, 15) is 4.79 Å². The molecule has 1 aromatic rings. The summed E-state index contributed by atoms with van der Waals surface area (Å²) in [5, 5.41) is 3.35. The highest BCUT2D eigenvalue weighted by molar-refractivity contribution is 5.82. The third kappa shape index (κ3) is 3.13. The summed E-state index contributed by atoms with van der Waals surface area (Å²) >= 11 is 0. The van der Waals surface area contributed by atoms with Crippen molar-refractivity contribution in [2.24, 2.45) is 5.92 Å². The van der Waals surface area contributed by atoms with Gasteiger partial charge in [-0.25, -0.2) is 0 Å². The van der Waals surface area contributed by atoms with Crippen LogP contribution >= 0.6 is 0 Å². The number of nitrogens with one attached hydrogen (secondary N) is 1. The van der Waals surface area contributed by atoms with Gasteiger partial charge in [-0.1, -0.05) is 6.92 Å². The van der Waals surface area contributed by atoms with Gasteiger partial charge in [0.1, 0.15) is 0 Å². The zero-order chi connectivity index (χ0) is 13.8. The highest BCUT2D eigenvalue weighted by Crippen LogP contribution is 2.22. The number of pyridine rings is 1. The fraction of sp³-hybridized carbons (Fsp3) is 0.600. The Morgan fingerprint density at radius 2 is 2.16 bits per heavy atom. The standard InChI is InChI=1S/C15H23N3O/c1-11-5-4-8-17-14(11)15(19)18(3)12(2)13-6-9-16-10-7-13/h6-7,9-12,14,17H,4-5,8H2,1-3H3. The minimum absolute atomic E-state index is 0.0389. The lowest BCUT2D eigenvalue weighted by molar-refractivity contribution is -0.135. The molecule has 0 spiro atoms. The lowest BCUT2D eigenvalue weighted by Crippen LogP contribution is -2.51. The fourth-order valence-corrected chi connectivity index (χ4v) is 2.66. The molecular weight excluding hydrogens is 238 g/mol. The van der Waals surface area contributed by atoms with E-state index in [-0.39, 0.29) is 18.0 Å². The number of hydrogen-bond donors (Lipinski definition) is 1. The number of carbonyl (C=O) groups excluding carboxylic acids is 1. The van der Waals surface area contributed by atoms with Gasteiger partial charge in [0.15, 0.2) is 0 Å². The third-order valence-corrected chi connectivity index (χ3v) is 4.15. The van der Waals surface area contributed by atoms with Gasteiger partial charge in [0.2, 0.25) is 5.91 Å². The number of piperidine rings is 1. The molecule has 4 heteroatoms. The van der Waals surface area contributed by atoms with Crippen LogP contribution in [0.25, 0.3) is 0 Å². The summed E-state index contributed by atoms with van der Waals surface area (Å²) in [5.74, 6) is 0.602. The van der Waals surface area contributed by atoms with E-state index >= 15 is 0 Å². The largest absolute Gasteiger partial charge is 0.338 e. The fourth-order valence-electron chi connectivity index (χ4n) is 2.66. The predicted molar refractivity (Wildman–Crippen MR) is 75.6 cm³/mol. The molecule has 1 aliphatic heterocycles. The van der Waals surface area contributed by atoms with Crippen LogP contribution in [-0.4, -0.2) is 35.4 Å². The molecule has 2 heterocycles. The Morgan fingerprint density at radius 3 is 2.79 bits per heavy atom. The van der Waals surface area contributed by atoms with Crippen molar-refractivity contribution in [3.05, 3.63) is 30.1 Å². The van der Waals surface area contributed by atoms with E-state index < -0.39 is 0 Å². The Hall–Kier alpha value is -1.42. The van der Waals surface area contributed by atoms with E-state index in [1.807, 2.05) is 24.1 Å². The molecule has 2 rings (SSSR count). The molecule has 0 radical (unpaired) electrons. The van der Waals surface area contributed by atoms with Gasteiger partial charge >= 0.3 is 0 Å². The first-order chi connectivity index (χ1) is 9.11. The number of likely N-dealkylation sites (N-methyl/N-ethyl adjacent to an activating group) is 1. The van der Waals surface area contributed by atoms with Crippen molar-refractivity contribution in [2.45, 2.75) is 38.8 Å². The topological polar surface area (TPSA) is 45.2 Å². The normalized spacial score (nSPS) is 24.8. The smallest absolute Gasteiger partial charge is 0.240 e. The molecule has 104 valence electrons. The molecule has 0 aliphatic carbocycles. The summed E-state index contributed by atoms with van der Waals surface area (Å²) < 4.78 is 0. The van der Waals surface area contributed by atoms with Crippen LogP contribution in [0.15, 0.2) is 24.5 Å². The van der Waals surface area contributed by atoms with Gasteiger partial charge in [-0.15, -0.1) is 0 Å². The number of hydrogen-bond acceptors (Lipinski definition) is 3. The van der Waals surface area contributed by atoms with Gasteiger partial charge in [-0.3, -0.25) is 9.78 Å². The summed E-state index contributed by atoms with van der Waals surface area (Å²) in [6.45, 7) is 5.15. The zero-order valence-electron chi connectivity index (χ0n) is 12.0. The number of aromatic nitrogens is 1. The maximum absolute atomic E-state index is 12.6. The first-order valence-electron chi connectivity index (χ1n) is 7.01. The van der Waals surface area contributed by atoms with Crippen molar-refractivity contribution in [3.8, 4) is 0 Å². The second-order valence-corrected chi connectivity index (χ2v) is 5.46. The van der Waals surface area contributed by atoms with Crippen molar-refractivity contribution in [1.82, 2.24) is 15.2 Å². The van der Waals surface area contributed by atoms with E-state index in [4.69, 9.17) is 0 Å². The molecule has 0 bridgehead atoms. The van der Waals surface area contributed by atoms with Crippen LogP contribution in [-0.2, 0) is 4.79 Å². The number of amides is 1. The SMILES string of the molecule is CC1CCCNC1C(=O)N(C)C(C)c1ccncc1. The van der Waals surface area contributed by atoms with Gasteiger partial charge in [0.25, 0.3) is 0 Å². The average Bonchev–Trinajstić information content (AvgIpc) is 2.46. The van der Waals surface area contributed by atoms with Crippen molar-refractivity contribution >= 4 is 5.91 Å². The number of rotatable bonds is 3. The molecule has 1 amide bonds. The molecule has 4 nitrogen and oxygen atoms in total. The monoisotopic (exact) mass is 261 g/mol. The third-order valence-electron chi connectivity index (χ3n) is 4.15. The van der Waals surface area contributed by atoms with Crippen LogP contribution in [0.4, 0.5) is 0 Å². The molecular formula is C15H23N3O. The minimum atomic E-state index is -0.0389. The summed E-state index contributed by atoms with van der Waals surface area (Å²) in [6.07, 6.45) is 5.83. The van der Waals surface area contributed by atoms with Gasteiger partial charge < -0.3 is 10.2 Å². The molecule has 1 aliphatic rings. The lowest BCUT2D eigenvalue weighted by Gasteiger charge is -2.34. The highest BCUT2D eigenvalue weighted by Gasteiger charge is 2.31. The Balaban J connectivity index is 2.06. The quantitative estimate of drug-likeness (QED) is 0.905. The van der Waals surface area contributed by atoms with Crippen LogP contribution in [0.3, 0.4) is 0 Å². The second-order valence-electron chi connectivity index (χ2n) is 5.46. The van der Waals surface area contributed by atoms with E-state index in [2.05, 4.69) is 24.1 Å². The molecule has 1 aromatic heterocycles. The zero-order valence-corrected chi connectivity index (χ0v) is 12.0. The molecule has 0 saturated carbocycles. The minimum Gasteiger partial charge on any atom is -0.338 e. The van der Waals surface area contributed by atoms with Crippen molar-refractivity contribution < 1.29 is 4.79 Å². The van der Waals surface area contributed by atoms with Crippen LogP contribution in [0, 0.1) is 5.92 Å². The van der Waals surface area contributed by atoms with Crippen LogP contribution < -0.4 is 5.32 Å². The number of nitrogens with zero attached hydrogens (tertiary/aromatic N) is 2. The van der Waals surface area contributed by atoms with Gasteiger partial charge in [0.05, 0.1) is 12.1 Å².